The molecule has 11 heavy (non-hydrogen) atoms. The second kappa shape index (κ2) is 4.30. The first-order valence-corrected chi connectivity index (χ1v) is 5.42. The molecule has 1 heteroatoms. The first kappa shape index (κ1) is 9.31. The van der Waals surface area contributed by atoms with E-state index in [0.29, 0.717) is 0 Å². The highest BCUT2D eigenvalue weighted by atomic mass is 79.9. The van der Waals surface area contributed by atoms with Gasteiger partial charge in [0.05, 0.1) is 0 Å². The Labute approximate surface area is 78.2 Å². The monoisotopic (exact) mass is 216 g/mol. The molecule has 0 amide bonds. The molecule has 3 unspecified atom stereocenters. The quantitative estimate of drug-likeness (QED) is 0.498. The summed E-state index contributed by atoms with van der Waals surface area (Å²) in [7, 11) is 0. The lowest BCUT2D eigenvalue weighted by Gasteiger charge is -2.15. The summed E-state index contributed by atoms with van der Waals surface area (Å²) in [5, 5.41) is 0. The van der Waals surface area contributed by atoms with Crippen LogP contribution in [0.25, 0.3) is 0 Å². The van der Waals surface area contributed by atoms with Crippen molar-refractivity contribution in [3.63, 3.8) is 0 Å². The van der Waals surface area contributed by atoms with Crippen LogP contribution in [0.2, 0.25) is 0 Å². The van der Waals surface area contributed by atoms with Gasteiger partial charge in [-0.3, -0.25) is 0 Å². The van der Waals surface area contributed by atoms with Crippen molar-refractivity contribution < 1.29 is 0 Å². The van der Waals surface area contributed by atoms with Gasteiger partial charge >= 0.3 is 0 Å². The van der Waals surface area contributed by atoms with Gasteiger partial charge in [0.1, 0.15) is 0 Å². The molecule has 1 fully saturated rings. The van der Waals surface area contributed by atoms with E-state index in [2.05, 4.69) is 29.4 Å². The second-order valence-electron chi connectivity index (χ2n) is 3.58. The molecule has 3 atom stereocenters. The van der Waals surface area contributed by atoms with Crippen LogP contribution in [-0.4, -0.2) is 4.83 Å². The van der Waals surface area contributed by atoms with Gasteiger partial charge in [-0.05, 0) is 37.5 Å². The van der Waals surface area contributed by atoms with Crippen LogP contribution < -0.4 is 0 Å². The zero-order chi connectivity index (χ0) is 8.27. The Balaban J connectivity index is 2.29. The lowest BCUT2D eigenvalue weighted by molar-refractivity contribution is 0.400. The van der Waals surface area contributed by atoms with E-state index in [0.717, 1.165) is 16.7 Å². The predicted octanol–water partition coefficient (Wildman–Crippen LogP) is 3.76. The van der Waals surface area contributed by atoms with E-state index in [1.807, 2.05) is 6.08 Å². The zero-order valence-electron chi connectivity index (χ0n) is 7.22. The van der Waals surface area contributed by atoms with Crippen LogP contribution >= 0.6 is 15.9 Å². The minimum atomic E-state index is 0.775. The maximum Gasteiger partial charge on any atom is 0.0174 e. The Bertz CT molecular complexity index is 131. The van der Waals surface area contributed by atoms with Crippen LogP contribution in [0.1, 0.15) is 32.6 Å². The van der Waals surface area contributed by atoms with E-state index in [9.17, 15) is 0 Å². The number of hydrogen-bond donors (Lipinski definition) is 0. The Morgan fingerprint density at radius 1 is 1.55 bits per heavy atom. The molecule has 1 aliphatic rings. The second-order valence-corrected chi connectivity index (χ2v) is 4.75. The standard InChI is InChI=1S/C10H17Br/c1-3-4-5-9-6-7-10(11)8(9)2/h3,8-10H,1,4-7H2,2H3. The SMILES string of the molecule is C=CCCC1CCC(Br)C1C. The van der Waals surface area contributed by atoms with E-state index in [4.69, 9.17) is 0 Å². The molecule has 1 rings (SSSR count). The molecule has 0 aliphatic heterocycles. The topological polar surface area (TPSA) is 0 Å². The van der Waals surface area contributed by atoms with Gasteiger partial charge in [0.25, 0.3) is 0 Å². The fraction of sp³-hybridized carbons (Fsp3) is 0.800. The van der Waals surface area contributed by atoms with Gasteiger partial charge in [0, 0.05) is 4.83 Å². The maximum absolute atomic E-state index is 3.75. The molecule has 0 bridgehead atoms. The summed E-state index contributed by atoms with van der Waals surface area (Å²) in [6.07, 6.45) is 7.34. The lowest BCUT2D eigenvalue weighted by Crippen LogP contribution is -2.09. The van der Waals surface area contributed by atoms with Gasteiger partial charge in [-0.25, -0.2) is 0 Å². The molecule has 0 N–H and O–H groups in total. The number of halogens is 1. The average Bonchev–Trinajstić information content (AvgIpc) is 2.31. The highest BCUT2D eigenvalue weighted by molar-refractivity contribution is 9.09. The molecule has 1 aliphatic carbocycles. The Morgan fingerprint density at radius 2 is 2.27 bits per heavy atom. The molecule has 0 heterocycles. The van der Waals surface area contributed by atoms with E-state index in [-0.39, 0.29) is 0 Å². The van der Waals surface area contributed by atoms with Gasteiger partial charge in [-0.15, -0.1) is 6.58 Å². The molecule has 1 saturated carbocycles. The summed E-state index contributed by atoms with van der Waals surface area (Å²) in [5.41, 5.74) is 0. The average molecular weight is 217 g/mol. The van der Waals surface area contributed by atoms with Crippen molar-refractivity contribution in [2.75, 3.05) is 0 Å². The number of allylic oxidation sites excluding steroid dienone is 1. The van der Waals surface area contributed by atoms with Crippen LogP contribution in [0.4, 0.5) is 0 Å². The van der Waals surface area contributed by atoms with Crippen LogP contribution in [-0.2, 0) is 0 Å². The third-order valence-electron chi connectivity index (χ3n) is 2.87. The van der Waals surface area contributed by atoms with Crippen LogP contribution in [0.5, 0.6) is 0 Å². The molecule has 0 nitrogen and oxygen atoms in total. The van der Waals surface area contributed by atoms with Crippen molar-refractivity contribution in [3.8, 4) is 0 Å². The summed E-state index contributed by atoms with van der Waals surface area (Å²) >= 11 is 3.71. The van der Waals surface area contributed by atoms with Crippen molar-refractivity contribution in [1.82, 2.24) is 0 Å². The number of hydrogen-bond acceptors (Lipinski definition) is 0. The Hall–Kier alpha value is 0.220. The largest absolute Gasteiger partial charge is 0.103 e. The van der Waals surface area contributed by atoms with E-state index >= 15 is 0 Å². The van der Waals surface area contributed by atoms with Crippen molar-refractivity contribution in [1.29, 1.82) is 0 Å². The van der Waals surface area contributed by atoms with E-state index in [1.165, 1.54) is 25.7 Å². The van der Waals surface area contributed by atoms with Crippen LogP contribution in [0.15, 0.2) is 12.7 Å². The molecular weight excluding hydrogens is 200 g/mol. The van der Waals surface area contributed by atoms with Gasteiger partial charge < -0.3 is 0 Å². The third-order valence-corrected chi connectivity index (χ3v) is 4.16. The first-order valence-electron chi connectivity index (χ1n) is 4.50. The lowest BCUT2D eigenvalue weighted by atomic mass is 9.93. The Kier molecular flexibility index (Phi) is 3.64. The smallest absolute Gasteiger partial charge is 0.0174 e. The molecule has 0 aromatic heterocycles. The normalized spacial score (nSPS) is 37.5. The fourth-order valence-electron chi connectivity index (χ4n) is 1.93. The molecule has 0 aromatic carbocycles. The van der Waals surface area contributed by atoms with Gasteiger partial charge in [0.2, 0.25) is 0 Å². The van der Waals surface area contributed by atoms with Crippen molar-refractivity contribution in [3.05, 3.63) is 12.7 Å². The first-order chi connectivity index (χ1) is 5.25. The zero-order valence-corrected chi connectivity index (χ0v) is 8.81. The molecule has 0 spiro atoms. The Morgan fingerprint density at radius 3 is 2.73 bits per heavy atom. The maximum atomic E-state index is 3.75. The van der Waals surface area contributed by atoms with Crippen molar-refractivity contribution >= 4 is 15.9 Å². The summed E-state index contributed by atoms with van der Waals surface area (Å²) in [5.74, 6) is 1.81. The molecule has 64 valence electrons. The molecule has 0 radical (unpaired) electrons. The third kappa shape index (κ3) is 2.33. The summed E-state index contributed by atoms with van der Waals surface area (Å²) in [4.78, 5) is 0.775. The highest BCUT2D eigenvalue weighted by Crippen LogP contribution is 2.38. The van der Waals surface area contributed by atoms with Gasteiger partial charge in [0.15, 0.2) is 0 Å². The van der Waals surface area contributed by atoms with E-state index < -0.39 is 0 Å². The van der Waals surface area contributed by atoms with Gasteiger partial charge in [-0.2, -0.15) is 0 Å². The molecule has 0 saturated heterocycles. The fourth-order valence-corrected chi connectivity index (χ4v) is 2.63. The molecular formula is C10H17Br. The van der Waals surface area contributed by atoms with Crippen molar-refractivity contribution in [2.24, 2.45) is 11.8 Å². The summed E-state index contributed by atoms with van der Waals surface area (Å²) in [6, 6.07) is 0. The predicted molar refractivity (Wildman–Crippen MR) is 54.0 cm³/mol. The molecule has 0 aromatic rings. The minimum absolute atomic E-state index is 0.775. The van der Waals surface area contributed by atoms with Crippen LogP contribution in [0.3, 0.4) is 0 Å². The van der Waals surface area contributed by atoms with Crippen LogP contribution in [0, 0.1) is 11.8 Å². The summed E-state index contributed by atoms with van der Waals surface area (Å²) < 4.78 is 0. The number of rotatable bonds is 3. The van der Waals surface area contributed by atoms with Crippen molar-refractivity contribution in [2.45, 2.75) is 37.4 Å². The van der Waals surface area contributed by atoms with Gasteiger partial charge in [-0.1, -0.05) is 28.9 Å². The number of alkyl halides is 1. The minimum Gasteiger partial charge on any atom is -0.103 e. The van der Waals surface area contributed by atoms with E-state index in [1.54, 1.807) is 0 Å². The summed E-state index contributed by atoms with van der Waals surface area (Å²) in [6.45, 7) is 6.12. The highest BCUT2D eigenvalue weighted by Gasteiger charge is 2.29.